The first-order valence-corrected chi connectivity index (χ1v) is 9.61. The van der Waals surface area contributed by atoms with E-state index >= 15 is 0 Å². The Bertz CT molecular complexity index is 926. The number of nitrogens with one attached hydrogen (secondary N) is 1. The van der Waals surface area contributed by atoms with Crippen LogP contribution in [0.1, 0.15) is 11.1 Å². The lowest BCUT2D eigenvalue weighted by Crippen LogP contribution is -2.53. The zero-order valence-electron chi connectivity index (χ0n) is 14.4. The minimum Gasteiger partial charge on any atom is -0.298 e. The Morgan fingerprint density at radius 2 is 1.96 bits per heavy atom. The van der Waals surface area contributed by atoms with Gasteiger partial charge < -0.3 is 0 Å². The smallest absolute Gasteiger partial charge is 0.265 e. The van der Waals surface area contributed by atoms with Crippen molar-refractivity contribution in [1.82, 2.24) is 15.2 Å². The number of pyridine rings is 1. The number of hydrogen-bond acceptors (Lipinski definition) is 5. The van der Waals surface area contributed by atoms with Gasteiger partial charge in [0.1, 0.15) is 10.6 Å². The molecule has 2 aromatic rings. The Morgan fingerprint density at radius 1 is 1.19 bits per heavy atom. The van der Waals surface area contributed by atoms with Gasteiger partial charge in [0, 0.05) is 24.1 Å². The van der Waals surface area contributed by atoms with Crippen LogP contribution in [0.2, 0.25) is 0 Å². The van der Waals surface area contributed by atoms with Crippen LogP contribution in [0, 0.1) is 0 Å². The molecule has 27 heavy (non-hydrogen) atoms. The van der Waals surface area contributed by atoms with Crippen LogP contribution in [0.25, 0.3) is 6.08 Å². The van der Waals surface area contributed by atoms with E-state index < -0.39 is 11.8 Å². The third-order valence-electron chi connectivity index (χ3n) is 3.82. The molecule has 1 aromatic heterocycles. The molecule has 1 aliphatic rings. The van der Waals surface area contributed by atoms with Gasteiger partial charge in [-0.2, -0.15) is 0 Å². The molecule has 0 bridgehead atoms. The Labute approximate surface area is 167 Å². The summed E-state index contributed by atoms with van der Waals surface area (Å²) in [7, 11) is 0. The number of carbonyl (C=O) groups excluding carboxylic acids is 2. The maximum Gasteiger partial charge on any atom is 0.265 e. The quantitative estimate of drug-likeness (QED) is 0.268. The van der Waals surface area contributed by atoms with E-state index in [1.165, 1.54) is 10.5 Å². The van der Waals surface area contributed by atoms with E-state index in [9.17, 15) is 9.59 Å². The van der Waals surface area contributed by atoms with Crippen LogP contribution in [0.15, 0.2) is 71.9 Å². The van der Waals surface area contributed by atoms with Crippen molar-refractivity contribution in [1.29, 1.82) is 0 Å². The SMILES string of the molecule is C=CCN1C(=O)C(=Cc2cccnc2SCc2ccccc2)C(=O)NC1=S. The van der Waals surface area contributed by atoms with Crippen molar-refractivity contribution in [2.75, 3.05) is 6.54 Å². The third kappa shape index (κ3) is 4.50. The van der Waals surface area contributed by atoms with Gasteiger partial charge in [-0.1, -0.05) is 42.5 Å². The number of thioether (sulfide) groups is 1. The van der Waals surface area contributed by atoms with Gasteiger partial charge in [-0.05, 0) is 29.9 Å². The molecule has 2 amide bonds. The zero-order valence-corrected chi connectivity index (χ0v) is 16.1. The van der Waals surface area contributed by atoms with Crippen molar-refractivity contribution in [2.24, 2.45) is 0 Å². The molecular formula is C20H17N3O2S2. The molecular weight excluding hydrogens is 378 g/mol. The maximum absolute atomic E-state index is 12.7. The van der Waals surface area contributed by atoms with Crippen LogP contribution < -0.4 is 5.32 Å². The highest BCUT2D eigenvalue weighted by Gasteiger charge is 2.32. The predicted octanol–water partition coefficient (Wildman–Crippen LogP) is 3.19. The first-order chi connectivity index (χ1) is 13.1. The Balaban J connectivity index is 1.87. The number of nitrogens with zero attached hydrogens (tertiary/aromatic N) is 2. The van der Waals surface area contributed by atoms with E-state index in [2.05, 4.69) is 16.9 Å². The Kier molecular flexibility index (Phi) is 6.16. The maximum atomic E-state index is 12.7. The fourth-order valence-electron chi connectivity index (χ4n) is 2.50. The summed E-state index contributed by atoms with van der Waals surface area (Å²) in [6.07, 6.45) is 4.82. The van der Waals surface area contributed by atoms with Crippen molar-refractivity contribution >= 4 is 47.0 Å². The topological polar surface area (TPSA) is 62.3 Å². The average Bonchev–Trinajstić information content (AvgIpc) is 2.68. The molecule has 1 aromatic carbocycles. The van der Waals surface area contributed by atoms with Gasteiger partial charge in [-0.25, -0.2) is 4.98 Å². The van der Waals surface area contributed by atoms with Crippen molar-refractivity contribution < 1.29 is 9.59 Å². The van der Waals surface area contributed by atoms with Crippen LogP contribution in [0.3, 0.4) is 0 Å². The fraction of sp³-hybridized carbons (Fsp3) is 0.100. The summed E-state index contributed by atoms with van der Waals surface area (Å²) in [4.78, 5) is 30.7. The van der Waals surface area contributed by atoms with Gasteiger partial charge in [0.15, 0.2) is 5.11 Å². The minimum absolute atomic E-state index is 0.0278. The summed E-state index contributed by atoms with van der Waals surface area (Å²) >= 11 is 6.62. The molecule has 7 heteroatoms. The monoisotopic (exact) mass is 395 g/mol. The number of aromatic nitrogens is 1. The van der Waals surface area contributed by atoms with Crippen LogP contribution in [-0.4, -0.2) is 33.4 Å². The molecule has 0 atom stereocenters. The van der Waals surface area contributed by atoms with Gasteiger partial charge in [-0.15, -0.1) is 18.3 Å². The second-order valence-corrected chi connectivity index (χ2v) is 7.04. The van der Waals surface area contributed by atoms with E-state index in [0.717, 1.165) is 10.8 Å². The van der Waals surface area contributed by atoms with E-state index in [0.29, 0.717) is 5.56 Å². The molecule has 5 nitrogen and oxygen atoms in total. The normalized spacial score (nSPS) is 15.8. The number of rotatable bonds is 6. The molecule has 1 N–H and O–H groups in total. The highest BCUT2D eigenvalue weighted by Crippen LogP contribution is 2.26. The van der Waals surface area contributed by atoms with Crippen LogP contribution in [-0.2, 0) is 15.3 Å². The summed E-state index contributed by atoms with van der Waals surface area (Å²) in [6.45, 7) is 3.85. The van der Waals surface area contributed by atoms with Gasteiger partial charge in [0.25, 0.3) is 11.8 Å². The van der Waals surface area contributed by atoms with Crippen molar-refractivity contribution in [3.8, 4) is 0 Å². The van der Waals surface area contributed by atoms with Crippen LogP contribution in [0.4, 0.5) is 0 Å². The van der Waals surface area contributed by atoms with E-state index in [4.69, 9.17) is 12.2 Å². The molecule has 3 rings (SSSR count). The number of benzene rings is 1. The molecule has 1 aliphatic heterocycles. The van der Waals surface area contributed by atoms with E-state index in [1.54, 1.807) is 36.2 Å². The van der Waals surface area contributed by atoms with Gasteiger partial charge >= 0.3 is 0 Å². The average molecular weight is 396 g/mol. The van der Waals surface area contributed by atoms with Crippen molar-refractivity contribution in [3.05, 3.63) is 78.0 Å². The van der Waals surface area contributed by atoms with Gasteiger partial charge in [-0.3, -0.25) is 19.8 Å². The van der Waals surface area contributed by atoms with Gasteiger partial charge in [0.2, 0.25) is 0 Å². The Hall–Kier alpha value is -2.77. The second-order valence-electron chi connectivity index (χ2n) is 5.69. The molecule has 0 unspecified atom stereocenters. The summed E-state index contributed by atoms with van der Waals surface area (Å²) in [5.41, 5.74) is 1.91. The highest BCUT2D eigenvalue weighted by atomic mass is 32.2. The summed E-state index contributed by atoms with van der Waals surface area (Å²) in [6, 6.07) is 13.6. The molecule has 2 heterocycles. The number of hydrogen-bond donors (Lipinski definition) is 1. The van der Waals surface area contributed by atoms with Crippen molar-refractivity contribution in [3.63, 3.8) is 0 Å². The van der Waals surface area contributed by atoms with Gasteiger partial charge in [0.05, 0.1) is 0 Å². The minimum atomic E-state index is -0.506. The molecule has 0 spiro atoms. The largest absolute Gasteiger partial charge is 0.298 e. The number of thiocarbonyl (C=S) groups is 1. The van der Waals surface area contributed by atoms with E-state index in [1.807, 2.05) is 36.4 Å². The summed E-state index contributed by atoms with van der Waals surface area (Å²) in [5, 5.41) is 3.38. The third-order valence-corrected chi connectivity index (χ3v) is 5.23. The highest BCUT2D eigenvalue weighted by molar-refractivity contribution is 7.98. The van der Waals surface area contributed by atoms with Crippen LogP contribution >= 0.6 is 24.0 Å². The molecule has 0 radical (unpaired) electrons. The molecule has 0 aliphatic carbocycles. The lowest BCUT2D eigenvalue weighted by Gasteiger charge is -2.27. The molecule has 1 fully saturated rings. The molecule has 1 saturated heterocycles. The summed E-state index contributed by atoms with van der Waals surface area (Å²) in [5.74, 6) is -0.208. The molecule has 0 saturated carbocycles. The summed E-state index contributed by atoms with van der Waals surface area (Å²) < 4.78 is 0. The Morgan fingerprint density at radius 3 is 2.70 bits per heavy atom. The first kappa shape index (κ1) is 19.0. The zero-order chi connectivity index (χ0) is 19.2. The van der Waals surface area contributed by atoms with E-state index in [-0.39, 0.29) is 17.2 Å². The van der Waals surface area contributed by atoms with Crippen LogP contribution in [0.5, 0.6) is 0 Å². The first-order valence-electron chi connectivity index (χ1n) is 8.21. The lowest BCUT2D eigenvalue weighted by atomic mass is 10.1. The fourth-order valence-corrected chi connectivity index (χ4v) is 3.68. The molecule has 136 valence electrons. The lowest BCUT2D eigenvalue weighted by molar-refractivity contribution is -0.128. The predicted molar refractivity (Wildman–Crippen MR) is 111 cm³/mol. The second kappa shape index (κ2) is 8.75. The number of carbonyl (C=O) groups is 2. The van der Waals surface area contributed by atoms with Crippen molar-refractivity contribution in [2.45, 2.75) is 10.8 Å². The number of amides is 2. The standard InChI is InChI=1S/C20H17N3O2S2/c1-2-11-23-19(25)16(17(24)22-20(23)26)12-15-9-6-10-21-18(15)27-13-14-7-4-3-5-8-14/h2-10,12H,1,11,13H2,(H,22,24,26).